The molecule has 1 aromatic heterocycles. The van der Waals surface area contributed by atoms with Crippen molar-refractivity contribution in [3.63, 3.8) is 0 Å². The third kappa shape index (κ3) is 5.03. The summed E-state index contributed by atoms with van der Waals surface area (Å²) in [5.41, 5.74) is 3.03. The molecule has 1 amide bonds. The van der Waals surface area contributed by atoms with E-state index in [1.807, 2.05) is 0 Å². The lowest BCUT2D eigenvalue weighted by molar-refractivity contribution is -0.121. The number of hydrazine groups is 1. The number of nitrogens with one attached hydrogen (secondary N) is 2. The van der Waals surface area contributed by atoms with Crippen molar-refractivity contribution >= 4 is 27.7 Å². The van der Waals surface area contributed by atoms with Gasteiger partial charge in [-0.1, -0.05) is 0 Å². The van der Waals surface area contributed by atoms with Crippen LogP contribution in [-0.2, 0) is 21.9 Å². The third-order valence-corrected chi connectivity index (χ3v) is 5.96. The number of carbonyl (C=O) groups excluding carboxylic acids is 1. The summed E-state index contributed by atoms with van der Waals surface area (Å²) >= 11 is 1.38. The molecule has 1 heterocycles. The minimum Gasteiger partial charge on any atom is -0.278 e. The molecule has 25 heavy (non-hydrogen) atoms. The summed E-state index contributed by atoms with van der Waals surface area (Å²) in [4.78, 5) is 14.8. The standard InChI is InChI=1S/C15H19FN4O3S2/c1-10-15(11(2)20(3)18-10)25(22,23)19-17-14(21)8-9-24-13-6-4-12(16)5-7-13/h4-7,19H,8-9H2,1-3H3,(H,17,21). The topological polar surface area (TPSA) is 93.1 Å². The number of benzene rings is 1. The monoisotopic (exact) mass is 386 g/mol. The van der Waals surface area contributed by atoms with E-state index in [2.05, 4.69) is 15.4 Å². The highest BCUT2D eigenvalue weighted by atomic mass is 32.2. The van der Waals surface area contributed by atoms with Crippen molar-refractivity contribution < 1.29 is 17.6 Å². The minimum atomic E-state index is -3.89. The smallest absolute Gasteiger partial charge is 0.261 e. The molecule has 0 atom stereocenters. The molecule has 0 aliphatic heterocycles. The minimum absolute atomic E-state index is 0.0518. The Hall–Kier alpha value is -1.91. The van der Waals surface area contributed by atoms with Gasteiger partial charge in [0.15, 0.2) is 0 Å². The SMILES string of the molecule is Cc1nn(C)c(C)c1S(=O)(=O)NNC(=O)CCSc1ccc(F)cc1. The van der Waals surface area contributed by atoms with Gasteiger partial charge in [-0.3, -0.25) is 14.9 Å². The van der Waals surface area contributed by atoms with Crippen LogP contribution in [0, 0.1) is 19.7 Å². The maximum Gasteiger partial charge on any atom is 0.261 e. The fourth-order valence-electron chi connectivity index (χ4n) is 2.17. The van der Waals surface area contributed by atoms with Gasteiger partial charge in [-0.25, -0.2) is 12.8 Å². The number of aryl methyl sites for hydroxylation is 2. The fourth-order valence-corrected chi connectivity index (χ4v) is 4.33. The lowest BCUT2D eigenvalue weighted by atomic mass is 10.4. The first-order valence-electron chi connectivity index (χ1n) is 7.40. The number of hydrogen-bond acceptors (Lipinski definition) is 5. The summed E-state index contributed by atoms with van der Waals surface area (Å²) in [5, 5.41) is 4.05. The number of thioether (sulfide) groups is 1. The van der Waals surface area contributed by atoms with Crippen molar-refractivity contribution in [2.75, 3.05) is 5.75 Å². The van der Waals surface area contributed by atoms with Crippen molar-refractivity contribution in [2.24, 2.45) is 7.05 Å². The van der Waals surface area contributed by atoms with Gasteiger partial charge < -0.3 is 0 Å². The molecule has 2 rings (SSSR count). The molecule has 1 aromatic carbocycles. The Morgan fingerprint density at radius 2 is 1.92 bits per heavy atom. The van der Waals surface area contributed by atoms with Gasteiger partial charge in [0.1, 0.15) is 10.7 Å². The normalized spacial score (nSPS) is 11.5. The molecule has 0 radical (unpaired) electrons. The van der Waals surface area contributed by atoms with E-state index in [1.54, 1.807) is 33.0 Å². The second kappa shape index (κ2) is 7.98. The molecule has 0 spiro atoms. The van der Waals surface area contributed by atoms with Crippen LogP contribution < -0.4 is 10.3 Å². The Labute approximate surface area is 150 Å². The molecule has 0 saturated carbocycles. The van der Waals surface area contributed by atoms with Crippen LogP contribution in [0.5, 0.6) is 0 Å². The zero-order chi connectivity index (χ0) is 18.6. The lowest BCUT2D eigenvalue weighted by Gasteiger charge is -2.09. The zero-order valence-corrected chi connectivity index (χ0v) is 15.7. The molecule has 0 aliphatic carbocycles. The van der Waals surface area contributed by atoms with Crippen LogP contribution >= 0.6 is 11.8 Å². The number of sulfonamides is 1. The summed E-state index contributed by atoms with van der Waals surface area (Å²) in [6, 6.07) is 5.92. The molecule has 10 heteroatoms. The van der Waals surface area contributed by atoms with Crippen LogP contribution in [0.2, 0.25) is 0 Å². The van der Waals surface area contributed by atoms with Gasteiger partial charge in [0, 0.05) is 24.1 Å². The van der Waals surface area contributed by atoms with Gasteiger partial charge in [0.25, 0.3) is 10.0 Å². The number of nitrogens with zero attached hydrogens (tertiary/aromatic N) is 2. The molecular formula is C15H19FN4O3S2. The molecule has 0 unspecified atom stereocenters. The molecule has 2 N–H and O–H groups in total. The van der Waals surface area contributed by atoms with Crippen LogP contribution in [-0.4, -0.2) is 29.9 Å². The van der Waals surface area contributed by atoms with Gasteiger partial charge in [-0.2, -0.15) is 5.10 Å². The largest absolute Gasteiger partial charge is 0.278 e. The van der Waals surface area contributed by atoms with Crippen molar-refractivity contribution in [3.05, 3.63) is 41.5 Å². The van der Waals surface area contributed by atoms with E-state index in [-0.39, 0.29) is 17.1 Å². The molecule has 0 fully saturated rings. The summed E-state index contributed by atoms with van der Waals surface area (Å²) in [6.07, 6.45) is 0.107. The summed E-state index contributed by atoms with van der Waals surface area (Å²) in [7, 11) is -2.25. The number of halogens is 1. The van der Waals surface area contributed by atoms with Crippen LogP contribution in [0.15, 0.2) is 34.1 Å². The number of aromatic nitrogens is 2. The van der Waals surface area contributed by atoms with E-state index >= 15 is 0 Å². The number of carbonyl (C=O) groups is 1. The zero-order valence-electron chi connectivity index (χ0n) is 14.0. The molecular weight excluding hydrogens is 367 g/mol. The van der Waals surface area contributed by atoms with Crippen LogP contribution in [0.25, 0.3) is 0 Å². The van der Waals surface area contributed by atoms with Gasteiger partial charge in [-0.15, -0.1) is 16.6 Å². The first kappa shape index (κ1) is 19.4. The van der Waals surface area contributed by atoms with Gasteiger partial charge >= 0.3 is 0 Å². The Morgan fingerprint density at radius 3 is 2.48 bits per heavy atom. The molecule has 0 aliphatic rings. The van der Waals surface area contributed by atoms with E-state index in [1.165, 1.54) is 28.6 Å². The summed E-state index contributed by atoms with van der Waals surface area (Å²) < 4.78 is 38.9. The first-order valence-corrected chi connectivity index (χ1v) is 9.87. The Bertz CT molecular complexity index is 864. The molecule has 136 valence electrons. The Morgan fingerprint density at radius 1 is 1.28 bits per heavy atom. The molecule has 0 saturated heterocycles. The third-order valence-electron chi connectivity index (χ3n) is 3.45. The number of amides is 1. The van der Waals surface area contributed by atoms with Crippen LogP contribution in [0.3, 0.4) is 0 Å². The molecule has 7 nitrogen and oxygen atoms in total. The second-order valence-corrected chi connectivity index (χ2v) is 8.12. The molecule has 2 aromatic rings. The average Bonchev–Trinajstić information content (AvgIpc) is 2.80. The van der Waals surface area contributed by atoms with E-state index in [9.17, 15) is 17.6 Å². The van der Waals surface area contributed by atoms with Crippen molar-refractivity contribution in [2.45, 2.75) is 30.1 Å². The van der Waals surface area contributed by atoms with Crippen LogP contribution in [0.4, 0.5) is 4.39 Å². The van der Waals surface area contributed by atoms with Gasteiger partial charge in [0.05, 0.1) is 11.4 Å². The maximum absolute atomic E-state index is 12.8. The highest BCUT2D eigenvalue weighted by molar-refractivity contribution is 7.99. The quantitative estimate of drug-likeness (QED) is 0.558. The predicted octanol–water partition coefficient (Wildman–Crippen LogP) is 1.67. The number of rotatable bonds is 7. The Balaban J connectivity index is 1.85. The first-order chi connectivity index (χ1) is 11.7. The summed E-state index contributed by atoms with van der Waals surface area (Å²) in [5.74, 6) is -0.348. The number of hydrogen-bond donors (Lipinski definition) is 2. The predicted molar refractivity (Wildman–Crippen MR) is 92.9 cm³/mol. The van der Waals surface area contributed by atoms with E-state index in [4.69, 9.17) is 0 Å². The van der Waals surface area contributed by atoms with E-state index in [0.717, 1.165) is 4.90 Å². The van der Waals surface area contributed by atoms with E-state index in [0.29, 0.717) is 17.1 Å². The van der Waals surface area contributed by atoms with Crippen molar-refractivity contribution in [3.8, 4) is 0 Å². The maximum atomic E-state index is 12.8. The van der Waals surface area contributed by atoms with Crippen molar-refractivity contribution in [1.29, 1.82) is 0 Å². The Kier molecular flexibility index (Phi) is 6.20. The van der Waals surface area contributed by atoms with Crippen molar-refractivity contribution in [1.82, 2.24) is 20.0 Å². The fraction of sp³-hybridized carbons (Fsp3) is 0.333. The molecule has 0 bridgehead atoms. The lowest BCUT2D eigenvalue weighted by Crippen LogP contribution is -2.42. The highest BCUT2D eigenvalue weighted by Crippen LogP contribution is 2.19. The summed E-state index contributed by atoms with van der Waals surface area (Å²) in [6.45, 7) is 3.22. The van der Waals surface area contributed by atoms with Gasteiger partial charge in [0.2, 0.25) is 5.91 Å². The van der Waals surface area contributed by atoms with Gasteiger partial charge in [-0.05, 0) is 38.1 Å². The average molecular weight is 386 g/mol. The second-order valence-electron chi connectivity index (χ2n) is 5.33. The van der Waals surface area contributed by atoms with Crippen LogP contribution in [0.1, 0.15) is 17.8 Å². The highest BCUT2D eigenvalue weighted by Gasteiger charge is 2.24. The van der Waals surface area contributed by atoms with E-state index < -0.39 is 15.9 Å².